The van der Waals surface area contributed by atoms with Crippen LogP contribution in [0.15, 0.2) is 65.7 Å². The van der Waals surface area contributed by atoms with Gasteiger partial charge in [-0.2, -0.15) is 0 Å². The summed E-state index contributed by atoms with van der Waals surface area (Å²) in [6.07, 6.45) is 1.54. The van der Waals surface area contributed by atoms with Gasteiger partial charge >= 0.3 is 5.97 Å². The van der Waals surface area contributed by atoms with Crippen LogP contribution in [0.5, 0.6) is 0 Å². The number of aromatic nitrogens is 1. The molecule has 0 aliphatic heterocycles. The van der Waals surface area contributed by atoms with Crippen LogP contribution in [0.2, 0.25) is 0 Å². The minimum Gasteiger partial charge on any atom is -0.465 e. The van der Waals surface area contributed by atoms with Crippen LogP contribution >= 0.6 is 0 Å². The lowest BCUT2D eigenvalue weighted by Crippen LogP contribution is -2.14. The van der Waals surface area contributed by atoms with Crippen molar-refractivity contribution in [2.24, 2.45) is 0 Å². The highest BCUT2D eigenvalue weighted by atomic mass is 32.2. The second-order valence-electron chi connectivity index (χ2n) is 5.01. The standard InChI is InChI=1S/C17H14N2O4S/c1-23-17(20)13-6-2-8-14(11-13)19-24(21,22)15-9-3-5-12-7-4-10-18-16(12)15/h2-11,19H,1H3. The molecule has 0 spiro atoms. The lowest BCUT2D eigenvalue weighted by atomic mass is 10.2. The van der Waals surface area contributed by atoms with Gasteiger partial charge < -0.3 is 4.74 Å². The number of esters is 1. The van der Waals surface area contributed by atoms with Crippen LogP contribution < -0.4 is 4.72 Å². The molecule has 0 aliphatic rings. The minimum atomic E-state index is -3.85. The number of ether oxygens (including phenoxy) is 1. The number of para-hydroxylation sites is 1. The Morgan fingerprint density at radius 3 is 2.62 bits per heavy atom. The molecule has 3 aromatic rings. The van der Waals surface area contributed by atoms with Gasteiger partial charge in [0.25, 0.3) is 10.0 Å². The van der Waals surface area contributed by atoms with Gasteiger partial charge in [-0.1, -0.05) is 24.3 Å². The number of benzene rings is 2. The van der Waals surface area contributed by atoms with Gasteiger partial charge in [-0.15, -0.1) is 0 Å². The number of carbonyl (C=O) groups is 1. The normalized spacial score (nSPS) is 11.2. The Labute approximate surface area is 139 Å². The van der Waals surface area contributed by atoms with Crippen molar-refractivity contribution in [1.29, 1.82) is 0 Å². The van der Waals surface area contributed by atoms with Gasteiger partial charge in [-0.25, -0.2) is 13.2 Å². The number of nitrogens with one attached hydrogen (secondary N) is 1. The van der Waals surface area contributed by atoms with E-state index >= 15 is 0 Å². The van der Waals surface area contributed by atoms with Crippen LogP contribution in [0.1, 0.15) is 10.4 Å². The van der Waals surface area contributed by atoms with E-state index in [2.05, 4.69) is 14.4 Å². The van der Waals surface area contributed by atoms with Crippen LogP contribution in [0.25, 0.3) is 10.9 Å². The Kier molecular flexibility index (Phi) is 4.18. The van der Waals surface area contributed by atoms with E-state index < -0.39 is 16.0 Å². The van der Waals surface area contributed by atoms with Gasteiger partial charge in [0.2, 0.25) is 0 Å². The summed E-state index contributed by atoms with van der Waals surface area (Å²) in [4.78, 5) is 15.8. The van der Waals surface area contributed by atoms with Crippen molar-refractivity contribution < 1.29 is 17.9 Å². The molecule has 122 valence electrons. The summed E-state index contributed by atoms with van der Waals surface area (Å²) in [6.45, 7) is 0. The molecule has 1 heterocycles. The van der Waals surface area contributed by atoms with E-state index in [0.717, 1.165) is 5.39 Å². The quantitative estimate of drug-likeness (QED) is 0.737. The fraction of sp³-hybridized carbons (Fsp3) is 0.0588. The summed E-state index contributed by atoms with van der Waals surface area (Å²) in [5, 5.41) is 0.726. The van der Waals surface area contributed by atoms with E-state index in [-0.39, 0.29) is 16.1 Å². The van der Waals surface area contributed by atoms with Crippen LogP contribution in [0.3, 0.4) is 0 Å². The zero-order valence-corrected chi connectivity index (χ0v) is 13.6. The van der Waals surface area contributed by atoms with Crippen molar-refractivity contribution >= 4 is 32.6 Å². The van der Waals surface area contributed by atoms with Crippen LogP contribution in [-0.4, -0.2) is 26.5 Å². The Balaban J connectivity index is 2.01. The van der Waals surface area contributed by atoms with Crippen molar-refractivity contribution in [2.75, 3.05) is 11.8 Å². The zero-order valence-electron chi connectivity index (χ0n) is 12.8. The third-order valence-electron chi connectivity index (χ3n) is 3.42. The summed E-state index contributed by atoms with van der Waals surface area (Å²) in [5.41, 5.74) is 0.913. The molecule has 0 fully saturated rings. The highest BCUT2D eigenvalue weighted by Crippen LogP contribution is 2.23. The molecule has 2 aromatic carbocycles. The Morgan fingerprint density at radius 2 is 1.83 bits per heavy atom. The Hall–Kier alpha value is -2.93. The zero-order chi connectivity index (χ0) is 17.2. The fourth-order valence-electron chi connectivity index (χ4n) is 2.33. The molecular formula is C17H14N2O4S. The number of fused-ring (bicyclic) bond motifs is 1. The maximum absolute atomic E-state index is 12.7. The van der Waals surface area contributed by atoms with Gasteiger partial charge in [0, 0.05) is 17.3 Å². The van der Waals surface area contributed by atoms with E-state index in [1.807, 2.05) is 0 Å². The first-order chi connectivity index (χ1) is 11.5. The lowest BCUT2D eigenvalue weighted by molar-refractivity contribution is 0.0601. The Bertz CT molecular complexity index is 1010. The molecule has 0 radical (unpaired) electrons. The molecule has 24 heavy (non-hydrogen) atoms. The number of nitrogens with zero attached hydrogens (tertiary/aromatic N) is 1. The number of methoxy groups -OCH3 is 1. The van der Waals surface area contributed by atoms with Crippen LogP contribution in [0.4, 0.5) is 5.69 Å². The highest BCUT2D eigenvalue weighted by Gasteiger charge is 2.18. The number of rotatable bonds is 4. The smallest absolute Gasteiger partial charge is 0.337 e. The minimum absolute atomic E-state index is 0.0732. The maximum Gasteiger partial charge on any atom is 0.337 e. The molecule has 0 bridgehead atoms. The third kappa shape index (κ3) is 3.07. The number of pyridine rings is 1. The van der Waals surface area contributed by atoms with E-state index in [1.165, 1.54) is 19.2 Å². The van der Waals surface area contributed by atoms with E-state index in [9.17, 15) is 13.2 Å². The van der Waals surface area contributed by atoms with Gasteiger partial charge in [0.1, 0.15) is 4.90 Å². The van der Waals surface area contributed by atoms with E-state index in [1.54, 1.807) is 48.7 Å². The molecule has 0 unspecified atom stereocenters. The topological polar surface area (TPSA) is 85.4 Å². The first-order valence-corrected chi connectivity index (χ1v) is 8.54. The molecule has 6 nitrogen and oxygen atoms in total. The van der Waals surface area contributed by atoms with Crippen molar-refractivity contribution in [3.63, 3.8) is 0 Å². The van der Waals surface area contributed by atoms with Crippen molar-refractivity contribution in [1.82, 2.24) is 4.98 Å². The van der Waals surface area contributed by atoms with Gasteiger partial charge in [0.15, 0.2) is 0 Å². The average Bonchev–Trinajstić information content (AvgIpc) is 2.60. The number of carbonyl (C=O) groups excluding carboxylic acids is 1. The van der Waals surface area contributed by atoms with Gasteiger partial charge in [-0.05, 0) is 30.3 Å². The highest BCUT2D eigenvalue weighted by molar-refractivity contribution is 7.93. The predicted octanol–water partition coefficient (Wildman–Crippen LogP) is 2.82. The predicted molar refractivity (Wildman–Crippen MR) is 90.3 cm³/mol. The summed E-state index contributed by atoms with van der Waals surface area (Å²) in [6, 6.07) is 14.6. The second-order valence-corrected chi connectivity index (χ2v) is 6.66. The number of anilines is 1. The van der Waals surface area contributed by atoms with Gasteiger partial charge in [-0.3, -0.25) is 9.71 Å². The molecular weight excluding hydrogens is 328 g/mol. The second kappa shape index (κ2) is 6.29. The molecule has 0 atom stereocenters. The first-order valence-electron chi connectivity index (χ1n) is 7.06. The third-order valence-corrected chi connectivity index (χ3v) is 4.83. The van der Waals surface area contributed by atoms with Crippen molar-refractivity contribution in [2.45, 2.75) is 4.90 Å². The summed E-state index contributed by atoms with van der Waals surface area (Å²) in [7, 11) is -2.59. The van der Waals surface area contributed by atoms with Crippen LogP contribution in [-0.2, 0) is 14.8 Å². The number of sulfonamides is 1. The number of hydrogen-bond acceptors (Lipinski definition) is 5. The summed E-state index contributed by atoms with van der Waals surface area (Å²) in [5.74, 6) is -0.539. The van der Waals surface area contributed by atoms with Crippen molar-refractivity contribution in [3.8, 4) is 0 Å². The molecule has 0 aliphatic carbocycles. The molecule has 0 amide bonds. The maximum atomic E-state index is 12.7. The van der Waals surface area contributed by atoms with Gasteiger partial charge in [0.05, 0.1) is 18.2 Å². The summed E-state index contributed by atoms with van der Waals surface area (Å²) >= 11 is 0. The average molecular weight is 342 g/mol. The largest absolute Gasteiger partial charge is 0.465 e. The molecule has 7 heteroatoms. The Morgan fingerprint density at radius 1 is 1.08 bits per heavy atom. The monoisotopic (exact) mass is 342 g/mol. The van der Waals surface area contributed by atoms with Crippen LogP contribution in [0, 0.1) is 0 Å². The molecule has 0 saturated heterocycles. The van der Waals surface area contributed by atoms with E-state index in [0.29, 0.717) is 5.52 Å². The summed E-state index contributed by atoms with van der Waals surface area (Å²) < 4.78 is 32.5. The van der Waals surface area contributed by atoms with E-state index in [4.69, 9.17) is 0 Å². The fourth-order valence-corrected chi connectivity index (χ4v) is 3.56. The SMILES string of the molecule is COC(=O)c1cccc(NS(=O)(=O)c2cccc3cccnc23)c1. The molecule has 3 rings (SSSR count). The molecule has 1 N–H and O–H groups in total. The lowest BCUT2D eigenvalue weighted by Gasteiger charge is -2.10. The first kappa shape index (κ1) is 15.9. The van der Waals surface area contributed by atoms with Crippen molar-refractivity contribution in [3.05, 3.63) is 66.4 Å². The molecule has 0 saturated carbocycles. The molecule has 1 aromatic heterocycles. The number of hydrogen-bond donors (Lipinski definition) is 1.